The molecule has 0 spiro atoms. The summed E-state index contributed by atoms with van der Waals surface area (Å²) in [5.74, 6) is 0.444. The Hall–Kier alpha value is -2.70. The summed E-state index contributed by atoms with van der Waals surface area (Å²) in [5.41, 5.74) is 3.28. The third-order valence-electron chi connectivity index (χ3n) is 5.32. The lowest BCUT2D eigenvalue weighted by Gasteiger charge is -2.32. The van der Waals surface area contributed by atoms with Crippen LogP contribution in [-0.2, 0) is 11.3 Å². The average Bonchev–Trinajstić information content (AvgIpc) is 3.11. The molecule has 0 saturated carbocycles. The highest BCUT2D eigenvalue weighted by atomic mass is 35.5. The van der Waals surface area contributed by atoms with Gasteiger partial charge in [0.25, 0.3) is 5.91 Å². The van der Waals surface area contributed by atoms with Crippen molar-refractivity contribution in [2.75, 3.05) is 13.1 Å². The van der Waals surface area contributed by atoms with E-state index < -0.39 is 0 Å². The third-order valence-corrected chi connectivity index (χ3v) is 5.62. The number of pyridine rings is 1. The number of nitrogens with zero attached hydrogens (tertiary/aromatic N) is 4. The van der Waals surface area contributed by atoms with Gasteiger partial charge in [-0.15, -0.1) is 0 Å². The zero-order valence-electron chi connectivity index (χ0n) is 17.2. The molecule has 156 valence electrons. The van der Waals surface area contributed by atoms with Crippen molar-refractivity contribution < 1.29 is 9.53 Å². The number of piperidine rings is 1. The van der Waals surface area contributed by atoms with E-state index in [0.29, 0.717) is 30.5 Å². The van der Waals surface area contributed by atoms with Crippen LogP contribution in [0, 0.1) is 13.8 Å². The minimum Gasteiger partial charge on any atom is -0.373 e. The van der Waals surface area contributed by atoms with Crippen LogP contribution in [0.4, 0.5) is 0 Å². The summed E-state index contributed by atoms with van der Waals surface area (Å²) in [4.78, 5) is 19.4. The summed E-state index contributed by atoms with van der Waals surface area (Å²) in [5, 5.41) is 4.80. The van der Waals surface area contributed by atoms with Gasteiger partial charge in [0.2, 0.25) is 0 Å². The van der Waals surface area contributed by atoms with Crippen molar-refractivity contribution in [3.8, 4) is 5.82 Å². The first-order valence-corrected chi connectivity index (χ1v) is 10.5. The zero-order chi connectivity index (χ0) is 21.1. The molecule has 0 bridgehead atoms. The molecule has 1 fully saturated rings. The fourth-order valence-electron chi connectivity index (χ4n) is 3.72. The van der Waals surface area contributed by atoms with E-state index in [-0.39, 0.29) is 17.7 Å². The molecule has 0 aliphatic carbocycles. The number of aryl methyl sites for hydroxylation is 2. The molecule has 1 aliphatic rings. The first-order valence-electron chi connectivity index (χ1n) is 10.2. The molecule has 7 heteroatoms. The first-order chi connectivity index (χ1) is 14.5. The number of hydrogen-bond donors (Lipinski definition) is 0. The number of carbonyl (C=O) groups is 1. The van der Waals surface area contributed by atoms with E-state index in [1.54, 1.807) is 16.8 Å². The van der Waals surface area contributed by atoms with E-state index in [4.69, 9.17) is 16.3 Å². The van der Waals surface area contributed by atoms with E-state index in [0.717, 1.165) is 29.8 Å². The largest absolute Gasteiger partial charge is 0.373 e. The van der Waals surface area contributed by atoms with Gasteiger partial charge in [-0.05, 0) is 50.5 Å². The van der Waals surface area contributed by atoms with Gasteiger partial charge in [-0.3, -0.25) is 4.79 Å². The standard InChI is InChI=1S/C23H25ClN4O2/c1-16-14-17(2)28(26-16)21-9-8-20(24)22(25-21)23(29)27-12-10-19(11-13-27)30-15-18-6-4-3-5-7-18/h3-9,14,19H,10-13,15H2,1-2H3. The summed E-state index contributed by atoms with van der Waals surface area (Å²) in [7, 11) is 0. The molecule has 30 heavy (non-hydrogen) atoms. The lowest BCUT2D eigenvalue weighted by molar-refractivity contribution is -0.000505. The van der Waals surface area contributed by atoms with Gasteiger partial charge in [-0.1, -0.05) is 41.9 Å². The Labute approximate surface area is 181 Å². The molecule has 3 aromatic rings. The number of aromatic nitrogens is 3. The van der Waals surface area contributed by atoms with Gasteiger partial charge in [-0.2, -0.15) is 5.10 Å². The fraction of sp³-hybridized carbons (Fsp3) is 0.348. The maximum absolute atomic E-state index is 13.1. The van der Waals surface area contributed by atoms with E-state index in [1.165, 1.54) is 0 Å². The molecule has 1 amide bonds. The SMILES string of the molecule is Cc1cc(C)n(-c2ccc(Cl)c(C(=O)N3CCC(OCc4ccccc4)CC3)n2)n1. The Morgan fingerprint density at radius 1 is 1.13 bits per heavy atom. The maximum Gasteiger partial charge on any atom is 0.274 e. The molecule has 1 aromatic carbocycles. The molecule has 0 radical (unpaired) electrons. The average molecular weight is 425 g/mol. The van der Waals surface area contributed by atoms with Crippen molar-refractivity contribution in [1.29, 1.82) is 0 Å². The molecule has 0 unspecified atom stereocenters. The molecule has 2 aromatic heterocycles. The number of halogens is 1. The number of rotatable bonds is 5. The number of ether oxygens (including phenoxy) is 1. The predicted octanol–water partition coefficient (Wildman–Crippen LogP) is 4.36. The molecule has 1 saturated heterocycles. The second-order valence-electron chi connectivity index (χ2n) is 7.63. The minimum atomic E-state index is -0.148. The zero-order valence-corrected chi connectivity index (χ0v) is 18.0. The van der Waals surface area contributed by atoms with Crippen molar-refractivity contribution in [1.82, 2.24) is 19.7 Å². The Bertz CT molecular complexity index is 1030. The van der Waals surface area contributed by atoms with Gasteiger partial charge >= 0.3 is 0 Å². The van der Waals surface area contributed by atoms with E-state index >= 15 is 0 Å². The summed E-state index contributed by atoms with van der Waals surface area (Å²) in [6.45, 7) is 5.73. The van der Waals surface area contributed by atoms with Gasteiger partial charge in [0.15, 0.2) is 5.82 Å². The molecular weight excluding hydrogens is 400 g/mol. The van der Waals surface area contributed by atoms with Crippen LogP contribution in [0.3, 0.4) is 0 Å². The van der Waals surface area contributed by atoms with Crippen LogP contribution < -0.4 is 0 Å². The second kappa shape index (κ2) is 8.98. The Morgan fingerprint density at radius 3 is 2.53 bits per heavy atom. The molecular formula is C23H25ClN4O2. The molecule has 0 N–H and O–H groups in total. The maximum atomic E-state index is 13.1. The van der Waals surface area contributed by atoms with E-state index in [2.05, 4.69) is 22.2 Å². The molecule has 1 aliphatic heterocycles. The molecule has 0 atom stereocenters. The highest BCUT2D eigenvalue weighted by molar-refractivity contribution is 6.33. The summed E-state index contributed by atoms with van der Waals surface area (Å²) in [6, 6.07) is 15.6. The fourth-order valence-corrected chi connectivity index (χ4v) is 3.91. The first kappa shape index (κ1) is 20.6. The van der Waals surface area contributed by atoms with Crippen molar-refractivity contribution in [2.45, 2.75) is 39.4 Å². The van der Waals surface area contributed by atoms with Crippen LogP contribution in [0.2, 0.25) is 5.02 Å². The van der Waals surface area contributed by atoms with Crippen LogP contribution in [-0.4, -0.2) is 44.8 Å². The molecule has 6 nitrogen and oxygen atoms in total. The van der Waals surface area contributed by atoms with Crippen LogP contribution >= 0.6 is 11.6 Å². The predicted molar refractivity (Wildman–Crippen MR) is 116 cm³/mol. The topological polar surface area (TPSA) is 60.2 Å². The highest BCUT2D eigenvalue weighted by Crippen LogP contribution is 2.22. The Morgan fingerprint density at radius 2 is 1.87 bits per heavy atom. The lowest BCUT2D eigenvalue weighted by atomic mass is 10.1. The normalized spacial score (nSPS) is 14.8. The lowest BCUT2D eigenvalue weighted by Crippen LogP contribution is -2.41. The third kappa shape index (κ3) is 4.55. The van der Waals surface area contributed by atoms with Crippen molar-refractivity contribution >= 4 is 17.5 Å². The van der Waals surface area contributed by atoms with E-state index in [1.807, 2.05) is 43.0 Å². The van der Waals surface area contributed by atoms with Crippen molar-refractivity contribution in [3.63, 3.8) is 0 Å². The number of carbonyl (C=O) groups excluding carboxylic acids is 1. The van der Waals surface area contributed by atoms with Crippen molar-refractivity contribution in [2.24, 2.45) is 0 Å². The van der Waals surface area contributed by atoms with Gasteiger partial charge in [0.05, 0.1) is 23.4 Å². The minimum absolute atomic E-state index is 0.148. The number of amides is 1. The quantitative estimate of drug-likeness (QED) is 0.610. The monoisotopic (exact) mass is 424 g/mol. The van der Waals surface area contributed by atoms with Crippen LogP contribution in [0.25, 0.3) is 5.82 Å². The Balaban J connectivity index is 1.40. The van der Waals surface area contributed by atoms with Gasteiger partial charge < -0.3 is 9.64 Å². The smallest absolute Gasteiger partial charge is 0.274 e. The molecule has 4 rings (SSSR count). The van der Waals surface area contributed by atoms with Crippen LogP contribution in [0.15, 0.2) is 48.5 Å². The highest BCUT2D eigenvalue weighted by Gasteiger charge is 2.26. The van der Waals surface area contributed by atoms with Crippen LogP contribution in [0.5, 0.6) is 0 Å². The van der Waals surface area contributed by atoms with Gasteiger partial charge in [0, 0.05) is 18.8 Å². The number of benzene rings is 1. The summed E-state index contributed by atoms with van der Waals surface area (Å²) < 4.78 is 7.76. The van der Waals surface area contributed by atoms with Gasteiger partial charge in [0.1, 0.15) is 5.69 Å². The molecule has 3 heterocycles. The summed E-state index contributed by atoms with van der Waals surface area (Å²) in [6.07, 6.45) is 1.75. The Kier molecular flexibility index (Phi) is 6.16. The number of likely N-dealkylation sites (tertiary alicyclic amines) is 1. The van der Waals surface area contributed by atoms with E-state index in [9.17, 15) is 4.79 Å². The second-order valence-corrected chi connectivity index (χ2v) is 8.03. The van der Waals surface area contributed by atoms with Crippen molar-refractivity contribution in [3.05, 3.63) is 76.2 Å². The summed E-state index contributed by atoms with van der Waals surface area (Å²) >= 11 is 6.32. The van der Waals surface area contributed by atoms with Crippen LogP contribution in [0.1, 0.15) is 40.3 Å². The number of hydrogen-bond acceptors (Lipinski definition) is 4. The van der Waals surface area contributed by atoms with Gasteiger partial charge in [-0.25, -0.2) is 9.67 Å².